The van der Waals surface area contributed by atoms with E-state index in [1.165, 1.54) is 6.07 Å². The van der Waals surface area contributed by atoms with Gasteiger partial charge in [0.05, 0.1) is 23.8 Å². The molecule has 0 aromatic heterocycles. The number of hydrogen-bond donors (Lipinski definition) is 0. The van der Waals surface area contributed by atoms with Crippen molar-refractivity contribution in [3.05, 3.63) is 64.2 Å². The van der Waals surface area contributed by atoms with Gasteiger partial charge in [-0.2, -0.15) is 39.5 Å². The second-order valence-electron chi connectivity index (χ2n) is 8.49. The molecule has 198 valence electrons. The zero-order valence-corrected chi connectivity index (χ0v) is 19.1. The van der Waals surface area contributed by atoms with Gasteiger partial charge in [-0.25, -0.2) is 4.79 Å². The number of nitrogens with zero attached hydrogens (tertiary/aromatic N) is 2. The molecule has 2 unspecified atom stereocenters. The summed E-state index contributed by atoms with van der Waals surface area (Å²) in [7, 11) is 2.60. The first-order valence-corrected chi connectivity index (χ1v) is 10.5. The van der Waals surface area contributed by atoms with Crippen molar-refractivity contribution in [2.45, 2.75) is 44.0 Å². The molecule has 2 atom stereocenters. The van der Waals surface area contributed by atoms with Crippen LogP contribution < -0.4 is 4.90 Å². The Morgan fingerprint density at radius 3 is 1.89 bits per heavy atom. The van der Waals surface area contributed by atoms with Crippen LogP contribution in [0.5, 0.6) is 0 Å². The van der Waals surface area contributed by atoms with E-state index in [1.807, 2.05) is 0 Å². The van der Waals surface area contributed by atoms with E-state index in [9.17, 15) is 44.3 Å². The maximum Gasteiger partial charge on any atom is 0.416 e. The first-order chi connectivity index (χ1) is 16.4. The topological polar surface area (TPSA) is 32.8 Å². The van der Waals surface area contributed by atoms with Crippen LogP contribution in [0.2, 0.25) is 0 Å². The molecule has 0 saturated heterocycles. The van der Waals surface area contributed by atoms with Crippen LogP contribution in [-0.4, -0.2) is 37.7 Å². The second kappa shape index (κ2) is 9.40. The van der Waals surface area contributed by atoms with E-state index < -0.39 is 65.4 Å². The van der Waals surface area contributed by atoms with Crippen LogP contribution in [0.3, 0.4) is 0 Å². The van der Waals surface area contributed by atoms with Crippen LogP contribution in [0.15, 0.2) is 36.4 Å². The van der Waals surface area contributed by atoms with Gasteiger partial charge in [0.2, 0.25) is 0 Å². The first-order valence-electron chi connectivity index (χ1n) is 10.5. The molecule has 1 heterocycles. The lowest BCUT2D eigenvalue weighted by Crippen LogP contribution is -2.38. The Kier molecular flexibility index (Phi) is 7.17. The van der Waals surface area contributed by atoms with Gasteiger partial charge in [-0.1, -0.05) is 0 Å². The number of likely N-dealkylation sites (N-methyl/N-ethyl adjacent to an activating group) is 1. The van der Waals surface area contributed by atoms with Gasteiger partial charge in [0.15, 0.2) is 0 Å². The Bertz CT molecular complexity index is 1090. The van der Waals surface area contributed by atoms with Crippen molar-refractivity contribution in [3.63, 3.8) is 0 Å². The number of amides is 1. The first kappa shape index (κ1) is 27.5. The monoisotopic (exact) mass is 528 g/mol. The van der Waals surface area contributed by atoms with Gasteiger partial charge in [0, 0.05) is 37.8 Å². The van der Waals surface area contributed by atoms with Gasteiger partial charge in [0.25, 0.3) is 0 Å². The highest BCUT2D eigenvalue weighted by atomic mass is 19.4. The van der Waals surface area contributed by atoms with Crippen molar-refractivity contribution < 1.29 is 49.0 Å². The lowest BCUT2D eigenvalue weighted by atomic mass is 9.93. The van der Waals surface area contributed by atoms with Crippen LogP contribution in [0.25, 0.3) is 0 Å². The molecule has 3 rings (SSSR count). The number of methoxy groups -OCH3 is 1. The highest BCUT2D eigenvalue weighted by Crippen LogP contribution is 2.44. The molecule has 36 heavy (non-hydrogen) atoms. The fourth-order valence-corrected chi connectivity index (χ4v) is 4.25. The lowest BCUT2D eigenvalue weighted by Gasteiger charge is -2.29. The van der Waals surface area contributed by atoms with Crippen LogP contribution >= 0.6 is 0 Å². The Morgan fingerprint density at radius 1 is 0.889 bits per heavy atom. The summed E-state index contributed by atoms with van der Waals surface area (Å²) >= 11 is 0. The van der Waals surface area contributed by atoms with Crippen LogP contribution in [0.4, 0.5) is 50.0 Å². The highest BCUT2D eigenvalue weighted by Gasteiger charge is 2.40. The van der Waals surface area contributed by atoms with Gasteiger partial charge < -0.3 is 14.5 Å². The number of alkyl halides is 9. The molecule has 0 bridgehead atoms. The predicted molar refractivity (Wildman–Crippen MR) is 111 cm³/mol. The largest absolute Gasteiger partial charge is 0.453 e. The number of fused-ring (bicyclic) bond motifs is 1. The minimum atomic E-state index is -5.08. The smallest absolute Gasteiger partial charge is 0.416 e. The third kappa shape index (κ3) is 5.65. The van der Waals surface area contributed by atoms with E-state index in [1.54, 1.807) is 18.9 Å². The zero-order valence-electron chi connectivity index (χ0n) is 19.1. The van der Waals surface area contributed by atoms with Crippen molar-refractivity contribution in [2.75, 3.05) is 25.6 Å². The normalized spacial score (nSPS) is 18.3. The molecule has 0 saturated carbocycles. The number of ether oxygens (including phenoxy) is 1. The average molecular weight is 528 g/mol. The minimum Gasteiger partial charge on any atom is -0.453 e. The molecule has 0 fully saturated rings. The van der Waals surface area contributed by atoms with Crippen molar-refractivity contribution in [3.8, 4) is 0 Å². The number of hydrogen-bond acceptors (Lipinski definition) is 3. The fourth-order valence-electron chi connectivity index (χ4n) is 4.25. The van der Waals surface area contributed by atoms with Gasteiger partial charge in [-0.05, 0) is 54.4 Å². The third-order valence-electron chi connectivity index (χ3n) is 6.20. The van der Waals surface area contributed by atoms with Gasteiger partial charge in [-0.15, -0.1) is 0 Å². The molecule has 2 aromatic carbocycles. The van der Waals surface area contributed by atoms with Gasteiger partial charge in [-0.3, -0.25) is 0 Å². The molecule has 0 N–H and O–H groups in total. The molecule has 4 nitrogen and oxygen atoms in total. The van der Waals surface area contributed by atoms with E-state index in [0.717, 1.165) is 24.1 Å². The Balaban J connectivity index is 2.01. The number of benzene rings is 2. The summed E-state index contributed by atoms with van der Waals surface area (Å²) in [6.07, 6.45) is -15.9. The summed E-state index contributed by atoms with van der Waals surface area (Å²) in [6, 6.07) is 3.62. The minimum absolute atomic E-state index is 0.0328. The van der Waals surface area contributed by atoms with E-state index >= 15 is 0 Å². The van der Waals surface area contributed by atoms with Crippen molar-refractivity contribution in [1.29, 1.82) is 0 Å². The molecular formula is C23H21F9N2O2. The van der Waals surface area contributed by atoms with Crippen LogP contribution in [0.1, 0.15) is 40.7 Å². The zero-order chi connectivity index (χ0) is 27.2. The van der Waals surface area contributed by atoms with Crippen LogP contribution in [-0.2, 0) is 29.8 Å². The quantitative estimate of drug-likeness (QED) is 0.404. The molecule has 1 aliphatic heterocycles. The molecular weight excluding hydrogens is 507 g/mol. The number of rotatable bonds is 4. The summed E-state index contributed by atoms with van der Waals surface area (Å²) in [6.45, 7) is 0.671. The average Bonchev–Trinajstić information content (AvgIpc) is 3.00. The number of carbonyl (C=O) groups excluding carboxylic acids is 1. The second-order valence-corrected chi connectivity index (χ2v) is 8.49. The van der Waals surface area contributed by atoms with Gasteiger partial charge in [0.1, 0.15) is 0 Å². The predicted octanol–water partition coefficient (Wildman–Crippen LogP) is 6.93. The van der Waals surface area contributed by atoms with E-state index in [4.69, 9.17) is 0 Å². The van der Waals surface area contributed by atoms with Crippen molar-refractivity contribution in [2.24, 2.45) is 0 Å². The molecule has 0 radical (unpaired) electrons. The molecule has 2 aromatic rings. The Labute approximate surface area is 200 Å². The standard InChI is InChI=1S/C23H21F9N2O2/c1-12-18(17-9-14(21(24,25)26)4-5-19(17)33(12)2)11-34(20(35)36-3)10-13-6-15(22(27,28)29)8-16(7-13)23(30,31)32/h4-9,12,18H,10-11H2,1-3H3. The Morgan fingerprint density at radius 2 is 1.42 bits per heavy atom. The maximum atomic E-state index is 13.3. The highest BCUT2D eigenvalue weighted by molar-refractivity contribution is 5.69. The number of halogens is 9. The van der Waals surface area contributed by atoms with Crippen molar-refractivity contribution in [1.82, 2.24) is 4.90 Å². The lowest BCUT2D eigenvalue weighted by molar-refractivity contribution is -0.143. The van der Waals surface area contributed by atoms with Crippen molar-refractivity contribution >= 4 is 11.8 Å². The van der Waals surface area contributed by atoms with Gasteiger partial charge >= 0.3 is 24.6 Å². The molecule has 1 aliphatic rings. The third-order valence-corrected chi connectivity index (χ3v) is 6.20. The summed E-state index contributed by atoms with van der Waals surface area (Å²) in [5.74, 6) is -0.737. The number of carbonyl (C=O) groups is 1. The van der Waals surface area contributed by atoms with Crippen LogP contribution in [0, 0.1) is 0 Å². The van der Waals surface area contributed by atoms with E-state index in [0.29, 0.717) is 17.8 Å². The fraction of sp³-hybridized carbons (Fsp3) is 0.435. The molecule has 0 aliphatic carbocycles. The Hall–Kier alpha value is -3.12. The molecule has 1 amide bonds. The van der Waals surface area contributed by atoms with E-state index in [-0.39, 0.29) is 18.2 Å². The summed E-state index contributed by atoms with van der Waals surface area (Å²) in [5.41, 5.74) is -3.79. The van der Waals surface area contributed by atoms with E-state index in [2.05, 4.69) is 4.74 Å². The number of anilines is 1. The summed E-state index contributed by atoms with van der Waals surface area (Å²) in [5, 5.41) is 0. The SMILES string of the molecule is COC(=O)N(Cc1cc(C(F)(F)F)cc(C(F)(F)F)c1)CC1c2cc(C(F)(F)F)ccc2N(C)C1C. The summed E-state index contributed by atoms with van der Waals surface area (Å²) in [4.78, 5) is 15.0. The molecule has 0 spiro atoms. The maximum absolute atomic E-state index is 13.3. The molecule has 13 heteroatoms. The summed E-state index contributed by atoms with van der Waals surface area (Å²) < 4.78 is 124.